The summed E-state index contributed by atoms with van der Waals surface area (Å²) in [6.07, 6.45) is 1.64. The van der Waals surface area contributed by atoms with Gasteiger partial charge in [0.15, 0.2) is 0 Å². The Hall–Kier alpha value is -1.79. The van der Waals surface area contributed by atoms with E-state index in [4.69, 9.17) is 5.11 Å². The maximum absolute atomic E-state index is 12.6. The zero-order valence-electron chi connectivity index (χ0n) is 13.0. The van der Waals surface area contributed by atoms with Gasteiger partial charge >= 0.3 is 0 Å². The molecule has 1 aromatic carbocycles. The molecule has 0 saturated heterocycles. The third-order valence-corrected chi connectivity index (χ3v) is 4.00. The van der Waals surface area contributed by atoms with Crippen molar-refractivity contribution in [2.24, 2.45) is 11.8 Å². The Kier molecular flexibility index (Phi) is 5.03. The first-order valence-corrected chi connectivity index (χ1v) is 7.48. The highest BCUT2D eigenvalue weighted by Crippen LogP contribution is 2.38. The van der Waals surface area contributed by atoms with Crippen LogP contribution in [0.3, 0.4) is 0 Å². The standard InChI is InChI=1S/C18H23NO2/c1-13-7-8-15(6-4-5-9-20)17(10-13)18(21)19(3)12-16-11-14(16)2/h7-8,10,14,16,20H,5,9,11-12H2,1-3H3. The lowest BCUT2D eigenvalue weighted by atomic mass is 10.0. The van der Waals surface area contributed by atoms with Crippen molar-refractivity contribution in [2.45, 2.75) is 26.7 Å². The van der Waals surface area contributed by atoms with Crippen LogP contribution in [0, 0.1) is 30.6 Å². The number of aryl methyl sites for hydroxylation is 1. The predicted octanol–water partition coefficient (Wildman–Crippen LogP) is 2.46. The summed E-state index contributed by atoms with van der Waals surface area (Å²) in [5.74, 6) is 7.31. The molecule has 2 rings (SSSR count). The smallest absolute Gasteiger partial charge is 0.254 e. The number of rotatable bonds is 4. The Balaban J connectivity index is 2.18. The van der Waals surface area contributed by atoms with Crippen molar-refractivity contribution < 1.29 is 9.90 Å². The summed E-state index contributed by atoms with van der Waals surface area (Å²) in [6.45, 7) is 5.06. The van der Waals surface area contributed by atoms with Gasteiger partial charge in [0.25, 0.3) is 5.91 Å². The number of aliphatic hydroxyl groups is 1. The molecule has 0 bridgehead atoms. The van der Waals surface area contributed by atoms with E-state index >= 15 is 0 Å². The highest BCUT2D eigenvalue weighted by Gasteiger charge is 2.34. The molecule has 0 aromatic heterocycles. The van der Waals surface area contributed by atoms with Crippen LogP contribution in [0.2, 0.25) is 0 Å². The van der Waals surface area contributed by atoms with Crippen LogP contribution in [0.25, 0.3) is 0 Å². The molecule has 0 heterocycles. The van der Waals surface area contributed by atoms with E-state index < -0.39 is 0 Å². The Morgan fingerprint density at radius 2 is 2.19 bits per heavy atom. The lowest BCUT2D eigenvalue weighted by Crippen LogP contribution is -2.29. The molecule has 3 nitrogen and oxygen atoms in total. The summed E-state index contributed by atoms with van der Waals surface area (Å²) in [5, 5.41) is 8.81. The lowest BCUT2D eigenvalue weighted by molar-refractivity contribution is 0.0786. The summed E-state index contributed by atoms with van der Waals surface area (Å²) in [7, 11) is 1.86. The average Bonchev–Trinajstić information content (AvgIpc) is 3.15. The van der Waals surface area contributed by atoms with Crippen molar-refractivity contribution in [1.82, 2.24) is 4.90 Å². The van der Waals surface area contributed by atoms with Gasteiger partial charge in [-0.25, -0.2) is 0 Å². The van der Waals surface area contributed by atoms with E-state index in [1.807, 2.05) is 32.2 Å². The molecular formula is C18H23NO2. The third-order valence-electron chi connectivity index (χ3n) is 4.00. The maximum Gasteiger partial charge on any atom is 0.254 e. The molecule has 21 heavy (non-hydrogen) atoms. The zero-order chi connectivity index (χ0) is 15.4. The summed E-state index contributed by atoms with van der Waals surface area (Å²) in [5.41, 5.74) is 2.46. The first-order chi connectivity index (χ1) is 10.0. The van der Waals surface area contributed by atoms with Crippen LogP contribution in [-0.2, 0) is 0 Å². The van der Waals surface area contributed by atoms with Crippen LogP contribution in [0.15, 0.2) is 18.2 Å². The van der Waals surface area contributed by atoms with Gasteiger partial charge in [-0.3, -0.25) is 4.79 Å². The number of hydrogen-bond acceptors (Lipinski definition) is 2. The van der Waals surface area contributed by atoms with Crippen molar-refractivity contribution in [3.05, 3.63) is 34.9 Å². The highest BCUT2D eigenvalue weighted by molar-refractivity contribution is 5.96. The summed E-state index contributed by atoms with van der Waals surface area (Å²) >= 11 is 0. The third kappa shape index (κ3) is 4.09. The number of benzene rings is 1. The van der Waals surface area contributed by atoms with Crippen molar-refractivity contribution in [3.63, 3.8) is 0 Å². The highest BCUT2D eigenvalue weighted by atomic mass is 16.2. The van der Waals surface area contributed by atoms with Crippen LogP contribution in [0.5, 0.6) is 0 Å². The minimum absolute atomic E-state index is 0.0334. The summed E-state index contributed by atoms with van der Waals surface area (Å²) in [6, 6.07) is 5.75. The monoisotopic (exact) mass is 285 g/mol. The number of carbonyl (C=O) groups is 1. The molecule has 1 amide bonds. The quantitative estimate of drug-likeness (QED) is 0.863. The van der Waals surface area contributed by atoms with E-state index in [2.05, 4.69) is 18.8 Å². The molecule has 1 aliphatic carbocycles. The zero-order valence-corrected chi connectivity index (χ0v) is 13.0. The second-order valence-electron chi connectivity index (χ2n) is 5.98. The molecule has 112 valence electrons. The number of nitrogens with zero attached hydrogens (tertiary/aromatic N) is 1. The van der Waals surface area contributed by atoms with E-state index in [1.54, 1.807) is 4.90 Å². The van der Waals surface area contributed by atoms with Gasteiger partial charge in [0.1, 0.15) is 0 Å². The minimum Gasteiger partial charge on any atom is -0.395 e. The van der Waals surface area contributed by atoms with Crippen LogP contribution >= 0.6 is 0 Å². The summed E-state index contributed by atoms with van der Waals surface area (Å²) in [4.78, 5) is 14.4. The van der Waals surface area contributed by atoms with Gasteiger partial charge in [-0.05, 0) is 37.3 Å². The maximum atomic E-state index is 12.6. The van der Waals surface area contributed by atoms with Gasteiger partial charge in [-0.1, -0.05) is 30.4 Å². The molecule has 0 aliphatic heterocycles. The fraction of sp³-hybridized carbons (Fsp3) is 0.500. The Bertz CT molecular complexity index is 583. The average molecular weight is 285 g/mol. The molecule has 3 heteroatoms. The van der Waals surface area contributed by atoms with E-state index in [0.717, 1.165) is 23.6 Å². The second kappa shape index (κ2) is 6.78. The van der Waals surface area contributed by atoms with Gasteiger partial charge in [-0.15, -0.1) is 0 Å². The molecule has 1 N–H and O–H groups in total. The van der Waals surface area contributed by atoms with Crippen LogP contribution in [0.4, 0.5) is 0 Å². The van der Waals surface area contributed by atoms with E-state index in [-0.39, 0.29) is 12.5 Å². The Morgan fingerprint density at radius 1 is 1.48 bits per heavy atom. The number of hydrogen-bond donors (Lipinski definition) is 1. The fourth-order valence-electron chi connectivity index (χ4n) is 2.45. The molecule has 0 radical (unpaired) electrons. The largest absolute Gasteiger partial charge is 0.395 e. The number of amides is 1. The van der Waals surface area contributed by atoms with Gasteiger partial charge in [-0.2, -0.15) is 0 Å². The van der Waals surface area contributed by atoms with E-state index in [1.165, 1.54) is 6.42 Å². The Labute approximate surface area is 127 Å². The van der Waals surface area contributed by atoms with Crippen molar-refractivity contribution in [1.29, 1.82) is 0 Å². The van der Waals surface area contributed by atoms with Gasteiger partial charge in [0.2, 0.25) is 0 Å². The van der Waals surface area contributed by atoms with E-state index in [0.29, 0.717) is 17.9 Å². The topological polar surface area (TPSA) is 40.5 Å². The van der Waals surface area contributed by atoms with Crippen LogP contribution in [0.1, 0.15) is 41.3 Å². The number of aliphatic hydroxyl groups excluding tert-OH is 1. The van der Waals surface area contributed by atoms with Crippen molar-refractivity contribution in [3.8, 4) is 11.8 Å². The summed E-state index contributed by atoms with van der Waals surface area (Å²) < 4.78 is 0. The molecule has 2 atom stereocenters. The molecule has 0 spiro atoms. The van der Waals surface area contributed by atoms with Crippen LogP contribution in [-0.4, -0.2) is 36.1 Å². The SMILES string of the molecule is Cc1ccc(C#CCCO)c(C(=O)N(C)CC2CC2C)c1. The first-order valence-electron chi connectivity index (χ1n) is 7.48. The fourth-order valence-corrected chi connectivity index (χ4v) is 2.45. The minimum atomic E-state index is 0.0334. The van der Waals surface area contributed by atoms with Gasteiger partial charge < -0.3 is 10.0 Å². The van der Waals surface area contributed by atoms with Crippen molar-refractivity contribution >= 4 is 5.91 Å². The second-order valence-corrected chi connectivity index (χ2v) is 5.98. The predicted molar refractivity (Wildman–Crippen MR) is 84.0 cm³/mol. The van der Waals surface area contributed by atoms with Gasteiger partial charge in [0.05, 0.1) is 12.2 Å². The molecule has 1 aliphatic rings. The van der Waals surface area contributed by atoms with E-state index in [9.17, 15) is 4.79 Å². The first kappa shape index (κ1) is 15.6. The normalized spacial score (nSPS) is 19.6. The molecule has 1 fully saturated rings. The van der Waals surface area contributed by atoms with Crippen molar-refractivity contribution in [2.75, 3.05) is 20.2 Å². The van der Waals surface area contributed by atoms with Gasteiger partial charge in [0, 0.05) is 25.6 Å². The molecular weight excluding hydrogens is 262 g/mol. The number of carbonyl (C=O) groups excluding carboxylic acids is 1. The molecule has 1 aromatic rings. The molecule has 1 saturated carbocycles. The Morgan fingerprint density at radius 3 is 2.81 bits per heavy atom. The lowest BCUT2D eigenvalue weighted by Gasteiger charge is -2.18. The van der Waals surface area contributed by atoms with Crippen LogP contribution < -0.4 is 0 Å². The molecule has 2 unspecified atom stereocenters.